The molecule has 1 aromatic rings. The molecule has 0 atom stereocenters. The lowest BCUT2D eigenvalue weighted by molar-refractivity contribution is -0.120. The van der Waals surface area contributed by atoms with Gasteiger partial charge in [0.2, 0.25) is 15.9 Å². The van der Waals surface area contributed by atoms with E-state index in [9.17, 15) is 18.0 Å². The zero-order chi connectivity index (χ0) is 17.2. The van der Waals surface area contributed by atoms with Crippen LogP contribution in [-0.4, -0.2) is 39.4 Å². The Morgan fingerprint density at radius 3 is 2.54 bits per heavy atom. The summed E-state index contributed by atoms with van der Waals surface area (Å²) in [5, 5.41) is 5.27. The van der Waals surface area contributed by atoms with Gasteiger partial charge in [-0.05, 0) is 49.8 Å². The summed E-state index contributed by atoms with van der Waals surface area (Å²) in [6, 6.07) is 6.05. The molecule has 0 heterocycles. The van der Waals surface area contributed by atoms with E-state index in [1.165, 1.54) is 24.3 Å². The first-order chi connectivity index (χ1) is 11.4. The molecule has 0 bridgehead atoms. The Bertz CT molecular complexity index is 739. The van der Waals surface area contributed by atoms with Crippen LogP contribution >= 0.6 is 0 Å². The molecular formula is C16H21N3O4S. The average molecular weight is 351 g/mol. The van der Waals surface area contributed by atoms with Gasteiger partial charge in [0.15, 0.2) is 0 Å². The lowest BCUT2D eigenvalue weighted by atomic mass is 10.2. The average Bonchev–Trinajstić information content (AvgIpc) is 3.45. The molecule has 130 valence electrons. The number of hydrogen-bond acceptors (Lipinski definition) is 4. The third kappa shape index (κ3) is 4.78. The highest BCUT2D eigenvalue weighted by atomic mass is 32.2. The number of sulfonamides is 1. The summed E-state index contributed by atoms with van der Waals surface area (Å²) in [7, 11) is -3.62. The van der Waals surface area contributed by atoms with Crippen LogP contribution in [0.25, 0.3) is 0 Å². The molecule has 3 rings (SSSR count). The quantitative estimate of drug-likeness (QED) is 0.630. The van der Waals surface area contributed by atoms with Gasteiger partial charge in [0.25, 0.3) is 5.91 Å². The zero-order valence-corrected chi connectivity index (χ0v) is 14.1. The lowest BCUT2D eigenvalue weighted by Gasteiger charge is -2.09. The Morgan fingerprint density at radius 1 is 1.12 bits per heavy atom. The summed E-state index contributed by atoms with van der Waals surface area (Å²) in [4.78, 5) is 23.7. The highest BCUT2D eigenvalue weighted by Crippen LogP contribution is 2.28. The van der Waals surface area contributed by atoms with Crippen molar-refractivity contribution < 1.29 is 18.0 Å². The van der Waals surface area contributed by atoms with Crippen LogP contribution in [0.2, 0.25) is 0 Å². The normalized spacial score (nSPS) is 17.3. The number of carbonyl (C=O) groups is 2. The molecule has 7 nitrogen and oxygen atoms in total. The van der Waals surface area contributed by atoms with Crippen LogP contribution in [0.3, 0.4) is 0 Å². The largest absolute Gasteiger partial charge is 0.352 e. The molecule has 24 heavy (non-hydrogen) atoms. The van der Waals surface area contributed by atoms with Gasteiger partial charge < -0.3 is 10.6 Å². The zero-order valence-electron chi connectivity index (χ0n) is 13.2. The van der Waals surface area contributed by atoms with Gasteiger partial charge in [-0.3, -0.25) is 9.59 Å². The summed E-state index contributed by atoms with van der Waals surface area (Å²) in [6.45, 7) is 0.312. The second kappa shape index (κ2) is 6.90. The molecule has 2 aliphatic rings. The second-order valence-electron chi connectivity index (χ2n) is 6.35. The highest BCUT2D eigenvalue weighted by Gasteiger charge is 2.25. The van der Waals surface area contributed by atoms with Crippen molar-refractivity contribution in [2.24, 2.45) is 5.92 Å². The van der Waals surface area contributed by atoms with E-state index in [0.29, 0.717) is 12.5 Å². The van der Waals surface area contributed by atoms with E-state index in [2.05, 4.69) is 15.4 Å². The Labute approximate surface area is 141 Å². The fraction of sp³-hybridized carbons (Fsp3) is 0.500. The maximum absolute atomic E-state index is 12.2. The van der Waals surface area contributed by atoms with E-state index in [-0.39, 0.29) is 29.0 Å². The van der Waals surface area contributed by atoms with Crippen LogP contribution in [0.15, 0.2) is 29.2 Å². The van der Waals surface area contributed by atoms with Gasteiger partial charge in [-0.1, -0.05) is 6.07 Å². The molecule has 2 amide bonds. The first-order valence-electron chi connectivity index (χ1n) is 8.11. The van der Waals surface area contributed by atoms with Crippen LogP contribution in [0.1, 0.15) is 36.0 Å². The van der Waals surface area contributed by atoms with Crippen molar-refractivity contribution in [1.82, 2.24) is 15.4 Å². The molecule has 0 saturated heterocycles. The molecule has 0 aromatic heterocycles. The third-order valence-corrected chi connectivity index (χ3v) is 5.44. The molecule has 0 aliphatic heterocycles. The summed E-state index contributed by atoms with van der Waals surface area (Å²) < 4.78 is 27.0. The van der Waals surface area contributed by atoms with Crippen molar-refractivity contribution in [2.75, 3.05) is 13.1 Å². The van der Waals surface area contributed by atoms with Crippen molar-refractivity contribution in [3.05, 3.63) is 29.8 Å². The maximum atomic E-state index is 12.2. The minimum Gasteiger partial charge on any atom is -0.352 e. The maximum Gasteiger partial charge on any atom is 0.251 e. The fourth-order valence-electron chi connectivity index (χ4n) is 2.21. The SMILES string of the molecule is O=C(CNC(=O)c1cccc(S(=O)(=O)NCC2CC2)c1)NC1CC1. The summed E-state index contributed by atoms with van der Waals surface area (Å²) >= 11 is 0. The van der Waals surface area contributed by atoms with Crippen LogP contribution < -0.4 is 15.4 Å². The van der Waals surface area contributed by atoms with E-state index in [1.807, 2.05) is 0 Å². The van der Waals surface area contributed by atoms with Crippen LogP contribution in [-0.2, 0) is 14.8 Å². The standard InChI is InChI=1S/C16H21N3O4S/c20-15(19-13-6-7-13)10-17-16(21)12-2-1-3-14(8-12)24(22,23)18-9-11-4-5-11/h1-3,8,11,13,18H,4-7,9-10H2,(H,17,21)(H,19,20). The van der Waals surface area contributed by atoms with Crippen LogP contribution in [0.5, 0.6) is 0 Å². The second-order valence-corrected chi connectivity index (χ2v) is 8.11. The number of carbonyl (C=O) groups excluding carboxylic acids is 2. The summed E-state index contributed by atoms with van der Waals surface area (Å²) in [5.74, 6) is -0.280. The third-order valence-electron chi connectivity index (χ3n) is 4.02. The van der Waals surface area contributed by atoms with Gasteiger partial charge in [0, 0.05) is 18.2 Å². The Balaban J connectivity index is 1.58. The van der Waals surface area contributed by atoms with E-state index < -0.39 is 15.9 Å². The highest BCUT2D eigenvalue weighted by molar-refractivity contribution is 7.89. The Kier molecular flexibility index (Phi) is 4.86. The number of benzene rings is 1. The van der Waals surface area contributed by atoms with E-state index >= 15 is 0 Å². The monoisotopic (exact) mass is 351 g/mol. The van der Waals surface area contributed by atoms with Gasteiger partial charge in [-0.25, -0.2) is 13.1 Å². The van der Waals surface area contributed by atoms with E-state index in [0.717, 1.165) is 25.7 Å². The van der Waals surface area contributed by atoms with Gasteiger partial charge in [-0.2, -0.15) is 0 Å². The van der Waals surface area contributed by atoms with Crippen molar-refractivity contribution in [3.63, 3.8) is 0 Å². The minimum absolute atomic E-state index is 0.0539. The lowest BCUT2D eigenvalue weighted by Crippen LogP contribution is -2.37. The topological polar surface area (TPSA) is 104 Å². The molecule has 0 unspecified atom stereocenters. The predicted octanol–water partition coefficient (Wildman–Crippen LogP) is 0.383. The Hall–Kier alpha value is -1.93. The molecular weight excluding hydrogens is 330 g/mol. The van der Waals surface area contributed by atoms with Gasteiger partial charge in [-0.15, -0.1) is 0 Å². The first kappa shape index (κ1) is 16.9. The van der Waals surface area contributed by atoms with Crippen LogP contribution in [0.4, 0.5) is 0 Å². The molecule has 3 N–H and O–H groups in total. The molecule has 2 aliphatic carbocycles. The molecule has 2 saturated carbocycles. The van der Waals surface area contributed by atoms with Crippen LogP contribution in [0, 0.1) is 5.92 Å². The molecule has 0 radical (unpaired) electrons. The van der Waals surface area contributed by atoms with Crippen molar-refractivity contribution in [1.29, 1.82) is 0 Å². The Morgan fingerprint density at radius 2 is 1.88 bits per heavy atom. The van der Waals surface area contributed by atoms with Gasteiger partial charge >= 0.3 is 0 Å². The minimum atomic E-state index is -3.62. The van der Waals surface area contributed by atoms with Gasteiger partial charge in [0.05, 0.1) is 11.4 Å². The molecule has 1 aromatic carbocycles. The fourth-order valence-corrected chi connectivity index (χ4v) is 3.37. The predicted molar refractivity (Wildman–Crippen MR) is 87.9 cm³/mol. The van der Waals surface area contributed by atoms with Gasteiger partial charge in [0.1, 0.15) is 0 Å². The summed E-state index contributed by atoms with van der Waals surface area (Å²) in [6.07, 6.45) is 4.06. The summed E-state index contributed by atoms with van der Waals surface area (Å²) in [5.41, 5.74) is 0.212. The number of rotatable bonds is 8. The molecule has 0 spiro atoms. The van der Waals surface area contributed by atoms with Crippen molar-refractivity contribution >= 4 is 21.8 Å². The van der Waals surface area contributed by atoms with E-state index in [1.54, 1.807) is 0 Å². The number of amides is 2. The van der Waals surface area contributed by atoms with Crippen molar-refractivity contribution in [2.45, 2.75) is 36.6 Å². The smallest absolute Gasteiger partial charge is 0.251 e. The van der Waals surface area contributed by atoms with E-state index in [4.69, 9.17) is 0 Å². The number of nitrogens with one attached hydrogen (secondary N) is 3. The first-order valence-corrected chi connectivity index (χ1v) is 9.59. The van der Waals surface area contributed by atoms with Crippen molar-refractivity contribution in [3.8, 4) is 0 Å². The molecule has 8 heteroatoms. The molecule has 2 fully saturated rings. The number of hydrogen-bond donors (Lipinski definition) is 3.